The van der Waals surface area contributed by atoms with Crippen molar-refractivity contribution in [2.45, 2.75) is 33.4 Å². The third-order valence-corrected chi connectivity index (χ3v) is 2.66. The fourth-order valence-corrected chi connectivity index (χ4v) is 1.70. The molecule has 0 aliphatic carbocycles. The van der Waals surface area contributed by atoms with Gasteiger partial charge in [-0.05, 0) is 32.9 Å². The van der Waals surface area contributed by atoms with E-state index in [2.05, 4.69) is 15.9 Å². The number of alkyl halides is 1. The largest absolute Gasteiger partial charge is 0.464 e. The highest BCUT2D eigenvalue weighted by atomic mass is 79.9. The second-order valence-corrected chi connectivity index (χ2v) is 4.32. The van der Waals surface area contributed by atoms with E-state index in [9.17, 15) is 4.79 Å². The lowest BCUT2D eigenvalue weighted by Crippen LogP contribution is -2.36. The summed E-state index contributed by atoms with van der Waals surface area (Å²) in [6.07, 6.45) is 0. The second kappa shape index (κ2) is 5.35. The van der Waals surface area contributed by atoms with E-state index >= 15 is 0 Å². The molecule has 3 nitrogen and oxygen atoms in total. The first-order valence-electron chi connectivity index (χ1n) is 4.95. The lowest BCUT2D eigenvalue weighted by atomic mass is 10.3. The summed E-state index contributed by atoms with van der Waals surface area (Å²) in [6, 6.07) is 4.00. The molecule has 1 amide bonds. The monoisotopic (exact) mass is 273 g/mol. The molecule has 4 heteroatoms. The summed E-state index contributed by atoms with van der Waals surface area (Å²) < 4.78 is 5.45. The first kappa shape index (κ1) is 12.3. The quantitative estimate of drug-likeness (QED) is 0.791. The van der Waals surface area contributed by atoms with E-state index in [1.165, 1.54) is 0 Å². The first-order valence-corrected chi connectivity index (χ1v) is 6.07. The normalized spacial score (nSPS) is 10.7. The van der Waals surface area contributed by atoms with Crippen molar-refractivity contribution in [3.63, 3.8) is 0 Å². The van der Waals surface area contributed by atoms with Gasteiger partial charge in [0.15, 0.2) is 0 Å². The van der Waals surface area contributed by atoms with Crippen LogP contribution in [0.3, 0.4) is 0 Å². The first-order chi connectivity index (χ1) is 7.04. The molecule has 0 radical (unpaired) electrons. The van der Waals surface area contributed by atoms with E-state index in [4.69, 9.17) is 4.42 Å². The van der Waals surface area contributed by atoms with E-state index in [-0.39, 0.29) is 11.9 Å². The molecular formula is C11H16BrNO2. The predicted molar refractivity (Wildman–Crippen MR) is 62.9 cm³/mol. The van der Waals surface area contributed by atoms with Crippen molar-refractivity contribution in [2.24, 2.45) is 0 Å². The van der Waals surface area contributed by atoms with E-state index in [1.54, 1.807) is 4.90 Å². The molecule has 0 N–H and O–H groups in total. The minimum atomic E-state index is 0.0825. The molecular weight excluding hydrogens is 258 g/mol. The van der Waals surface area contributed by atoms with Crippen molar-refractivity contribution in [1.29, 1.82) is 0 Å². The Morgan fingerprint density at radius 3 is 2.60 bits per heavy atom. The molecule has 0 unspecified atom stereocenters. The Morgan fingerprint density at radius 2 is 2.20 bits per heavy atom. The standard InChI is InChI=1S/C11H16BrNO2/c1-8(2)13(11(14)6-12)7-10-5-4-9(3)15-10/h4-5,8H,6-7H2,1-3H3. The van der Waals surface area contributed by atoms with Crippen LogP contribution in [0.2, 0.25) is 0 Å². The molecule has 1 aromatic rings. The van der Waals surface area contributed by atoms with Crippen LogP contribution in [0.4, 0.5) is 0 Å². The number of rotatable bonds is 4. The fourth-order valence-electron chi connectivity index (χ4n) is 1.37. The van der Waals surface area contributed by atoms with Crippen LogP contribution in [0.25, 0.3) is 0 Å². The van der Waals surface area contributed by atoms with Crippen molar-refractivity contribution in [3.8, 4) is 0 Å². The molecule has 0 bridgehead atoms. The number of furan rings is 1. The molecule has 0 atom stereocenters. The van der Waals surface area contributed by atoms with Crippen LogP contribution >= 0.6 is 15.9 Å². The Kier molecular flexibility index (Phi) is 4.39. The number of carbonyl (C=O) groups excluding carboxylic acids is 1. The summed E-state index contributed by atoms with van der Waals surface area (Å²) in [6.45, 7) is 6.43. The average Bonchev–Trinajstić information content (AvgIpc) is 2.59. The molecule has 1 aromatic heterocycles. The zero-order valence-electron chi connectivity index (χ0n) is 9.29. The van der Waals surface area contributed by atoms with E-state index in [1.807, 2.05) is 32.9 Å². The highest BCUT2D eigenvalue weighted by molar-refractivity contribution is 9.09. The molecule has 15 heavy (non-hydrogen) atoms. The van der Waals surface area contributed by atoms with Crippen molar-refractivity contribution in [1.82, 2.24) is 4.90 Å². The molecule has 0 spiro atoms. The van der Waals surface area contributed by atoms with Crippen LogP contribution in [-0.4, -0.2) is 22.2 Å². The van der Waals surface area contributed by atoms with Gasteiger partial charge in [-0.1, -0.05) is 15.9 Å². The number of aryl methyl sites for hydroxylation is 1. The maximum atomic E-state index is 11.6. The minimum Gasteiger partial charge on any atom is -0.464 e. The summed E-state index contributed by atoms with van der Waals surface area (Å²) >= 11 is 3.18. The number of amides is 1. The van der Waals surface area contributed by atoms with Crippen molar-refractivity contribution >= 4 is 21.8 Å². The SMILES string of the molecule is Cc1ccc(CN(C(=O)CBr)C(C)C)o1. The zero-order valence-corrected chi connectivity index (χ0v) is 10.9. The van der Waals surface area contributed by atoms with Gasteiger partial charge in [-0.3, -0.25) is 4.79 Å². The van der Waals surface area contributed by atoms with E-state index in [0.29, 0.717) is 11.9 Å². The molecule has 0 fully saturated rings. The van der Waals surface area contributed by atoms with Gasteiger partial charge in [-0.25, -0.2) is 0 Å². The predicted octanol–water partition coefficient (Wildman–Crippen LogP) is 2.72. The maximum absolute atomic E-state index is 11.6. The summed E-state index contributed by atoms with van der Waals surface area (Å²) in [7, 11) is 0. The molecule has 0 aliphatic rings. The van der Waals surface area contributed by atoms with E-state index < -0.39 is 0 Å². The Hall–Kier alpha value is -0.770. The number of nitrogens with zero attached hydrogens (tertiary/aromatic N) is 1. The fraction of sp³-hybridized carbons (Fsp3) is 0.545. The lowest BCUT2D eigenvalue weighted by molar-refractivity contribution is -0.130. The highest BCUT2D eigenvalue weighted by Crippen LogP contribution is 2.12. The van der Waals surface area contributed by atoms with Crippen LogP contribution < -0.4 is 0 Å². The second-order valence-electron chi connectivity index (χ2n) is 3.76. The Bertz CT molecular complexity index is 333. The summed E-state index contributed by atoms with van der Waals surface area (Å²) in [5, 5.41) is 0.352. The van der Waals surface area contributed by atoms with Gasteiger partial charge in [0.2, 0.25) is 5.91 Å². The maximum Gasteiger partial charge on any atom is 0.233 e. The van der Waals surface area contributed by atoms with Crippen LogP contribution in [-0.2, 0) is 11.3 Å². The van der Waals surface area contributed by atoms with Crippen molar-refractivity contribution in [3.05, 3.63) is 23.7 Å². The third kappa shape index (κ3) is 3.38. The number of carbonyl (C=O) groups is 1. The smallest absolute Gasteiger partial charge is 0.233 e. The Labute approximate surface area is 98.6 Å². The third-order valence-electron chi connectivity index (χ3n) is 2.18. The highest BCUT2D eigenvalue weighted by Gasteiger charge is 2.17. The zero-order chi connectivity index (χ0) is 11.4. The van der Waals surface area contributed by atoms with Gasteiger partial charge >= 0.3 is 0 Å². The minimum absolute atomic E-state index is 0.0825. The summed E-state index contributed by atoms with van der Waals surface area (Å²) in [5.41, 5.74) is 0. The number of halogens is 1. The molecule has 0 saturated carbocycles. The van der Waals surface area contributed by atoms with Gasteiger partial charge in [-0.2, -0.15) is 0 Å². The molecule has 0 aliphatic heterocycles. The molecule has 0 saturated heterocycles. The Morgan fingerprint density at radius 1 is 1.53 bits per heavy atom. The topological polar surface area (TPSA) is 33.5 Å². The van der Waals surface area contributed by atoms with Crippen LogP contribution in [0.15, 0.2) is 16.5 Å². The summed E-state index contributed by atoms with van der Waals surface area (Å²) in [4.78, 5) is 13.4. The Balaban J connectivity index is 2.71. The lowest BCUT2D eigenvalue weighted by Gasteiger charge is -2.24. The van der Waals surface area contributed by atoms with E-state index in [0.717, 1.165) is 11.5 Å². The van der Waals surface area contributed by atoms with Crippen molar-refractivity contribution in [2.75, 3.05) is 5.33 Å². The molecule has 84 valence electrons. The van der Waals surface area contributed by atoms with Gasteiger partial charge in [0.1, 0.15) is 11.5 Å². The number of hydrogen-bond donors (Lipinski definition) is 0. The molecule has 0 aromatic carbocycles. The van der Waals surface area contributed by atoms with Gasteiger partial charge < -0.3 is 9.32 Å². The van der Waals surface area contributed by atoms with Crippen LogP contribution in [0.5, 0.6) is 0 Å². The van der Waals surface area contributed by atoms with Crippen molar-refractivity contribution < 1.29 is 9.21 Å². The molecule has 1 rings (SSSR count). The number of hydrogen-bond acceptors (Lipinski definition) is 2. The molecule has 1 heterocycles. The van der Waals surface area contributed by atoms with Gasteiger partial charge in [0, 0.05) is 6.04 Å². The van der Waals surface area contributed by atoms with Crippen LogP contribution in [0.1, 0.15) is 25.4 Å². The summed E-state index contributed by atoms with van der Waals surface area (Å²) in [5.74, 6) is 1.79. The van der Waals surface area contributed by atoms with Gasteiger partial charge in [-0.15, -0.1) is 0 Å². The van der Waals surface area contributed by atoms with Crippen LogP contribution in [0, 0.1) is 6.92 Å². The van der Waals surface area contributed by atoms with Gasteiger partial charge in [0.05, 0.1) is 11.9 Å². The average molecular weight is 274 g/mol. The van der Waals surface area contributed by atoms with Gasteiger partial charge in [0.25, 0.3) is 0 Å².